The van der Waals surface area contributed by atoms with E-state index in [4.69, 9.17) is 5.11 Å². The van der Waals surface area contributed by atoms with E-state index in [0.29, 0.717) is 5.56 Å². The summed E-state index contributed by atoms with van der Waals surface area (Å²) in [6.45, 7) is 1.03. The maximum absolute atomic E-state index is 10.8. The first-order valence-corrected chi connectivity index (χ1v) is 5.71. The highest BCUT2D eigenvalue weighted by Crippen LogP contribution is 2.28. The van der Waals surface area contributed by atoms with Crippen LogP contribution in [-0.4, -0.2) is 24.7 Å². The molecule has 86 valence electrons. The monoisotopic (exact) mass is 219 g/mol. The van der Waals surface area contributed by atoms with Crippen molar-refractivity contribution in [3.63, 3.8) is 0 Å². The van der Waals surface area contributed by atoms with E-state index in [9.17, 15) is 4.79 Å². The molecule has 0 radical (unpaired) electrons. The van der Waals surface area contributed by atoms with Crippen molar-refractivity contribution < 1.29 is 9.90 Å². The van der Waals surface area contributed by atoms with Crippen molar-refractivity contribution in [1.82, 2.24) is 0 Å². The Morgan fingerprint density at radius 2 is 2.25 bits per heavy atom. The molecule has 0 spiro atoms. The summed E-state index contributed by atoms with van der Waals surface area (Å²) < 4.78 is 0. The molecule has 1 aromatic carbocycles. The first kappa shape index (κ1) is 11.0. The third-order valence-electron chi connectivity index (χ3n) is 3.29. The molecule has 3 nitrogen and oxygen atoms in total. The highest BCUT2D eigenvalue weighted by atomic mass is 16.4. The van der Waals surface area contributed by atoms with Gasteiger partial charge in [-0.25, -0.2) is 4.79 Å². The number of aromatic carboxylic acids is 1. The lowest BCUT2D eigenvalue weighted by Gasteiger charge is -2.31. The van der Waals surface area contributed by atoms with Gasteiger partial charge in [0, 0.05) is 19.3 Å². The molecule has 0 aliphatic heterocycles. The zero-order valence-electron chi connectivity index (χ0n) is 9.52. The summed E-state index contributed by atoms with van der Waals surface area (Å²) in [4.78, 5) is 13.0. The van der Waals surface area contributed by atoms with Crippen LogP contribution in [0.3, 0.4) is 0 Å². The number of benzene rings is 1. The fourth-order valence-electron chi connectivity index (χ4n) is 2.04. The van der Waals surface area contributed by atoms with Crippen LogP contribution in [0, 0.1) is 5.92 Å². The number of rotatable bonds is 4. The average Bonchev–Trinajstić information content (AvgIpc) is 2.23. The third kappa shape index (κ3) is 2.35. The van der Waals surface area contributed by atoms with Crippen LogP contribution in [0.1, 0.15) is 29.6 Å². The van der Waals surface area contributed by atoms with Crippen molar-refractivity contribution in [3.8, 4) is 0 Å². The largest absolute Gasteiger partial charge is 0.478 e. The van der Waals surface area contributed by atoms with Crippen LogP contribution >= 0.6 is 0 Å². The molecule has 0 heterocycles. The normalized spacial score (nSPS) is 15.6. The number of hydrogen-bond donors (Lipinski definition) is 1. The summed E-state index contributed by atoms with van der Waals surface area (Å²) in [6, 6.07) is 7.13. The minimum absolute atomic E-state index is 0.359. The minimum atomic E-state index is -0.862. The van der Waals surface area contributed by atoms with E-state index in [1.165, 1.54) is 19.3 Å². The van der Waals surface area contributed by atoms with Crippen molar-refractivity contribution in [2.75, 3.05) is 18.5 Å². The summed E-state index contributed by atoms with van der Waals surface area (Å²) in [5.41, 5.74) is 1.35. The van der Waals surface area contributed by atoms with E-state index < -0.39 is 5.97 Å². The van der Waals surface area contributed by atoms with Gasteiger partial charge in [0.25, 0.3) is 0 Å². The fourth-order valence-corrected chi connectivity index (χ4v) is 2.04. The highest BCUT2D eigenvalue weighted by molar-refractivity contribution is 5.88. The molecule has 16 heavy (non-hydrogen) atoms. The van der Waals surface area contributed by atoms with Crippen molar-refractivity contribution in [1.29, 1.82) is 0 Å². The van der Waals surface area contributed by atoms with E-state index in [0.717, 1.165) is 18.2 Å². The van der Waals surface area contributed by atoms with Crippen LogP contribution < -0.4 is 4.90 Å². The summed E-state index contributed by atoms with van der Waals surface area (Å²) >= 11 is 0. The number of nitrogens with zero attached hydrogens (tertiary/aromatic N) is 1. The Labute approximate surface area is 95.7 Å². The zero-order valence-corrected chi connectivity index (χ0v) is 9.52. The SMILES string of the molecule is CN(CC1CCC1)c1cccc(C(=O)O)c1. The van der Waals surface area contributed by atoms with E-state index >= 15 is 0 Å². The van der Waals surface area contributed by atoms with Gasteiger partial charge in [-0.2, -0.15) is 0 Å². The molecule has 1 aliphatic carbocycles. The molecule has 3 heteroatoms. The number of carboxylic acids is 1. The van der Waals surface area contributed by atoms with Gasteiger partial charge in [0.05, 0.1) is 5.56 Å². The second kappa shape index (κ2) is 4.56. The summed E-state index contributed by atoms with van der Waals surface area (Å²) in [5.74, 6) is -0.0719. The van der Waals surface area contributed by atoms with E-state index in [2.05, 4.69) is 4.90 Å². The first-order chi connectivity index (χ1) is 7.66. The summed E-state index contributed by atoms with van der Waals surface area (Å²) in [7, 11) is 2.03. The lowest BCUT2D eigenvalue weighted by atomic mass is 9.85. The lowest BCUT2D eigenvalue weighted by molar-refractivity contribution is 0.0697. The minimum Gasteiger partial charge on any atom is -0.478 e. The van der Waals surface area contributed by atoms with Crippen molar-refractivity contribution >= 4 is 11.7 Å². The van der Waals surface area contributed by atoms with Gasteiger partial charge in [-0.05, 0) is 37.0 Å². The molecule has 0 bridgehead atoms. The number of hydrogen-bond acceptors (Lipinski definition) is 2. The van der Waals surface area contributed by atoms with Gasteiger partial charge in [0.1, 0.15) is 0 Å². The second-order valence-electron chi connectivity index (χ2n) is 4.53. The van der Waals surface area contributed by atoms with E-state index in [1.807, 2.05) is 13.1 Å². The average molecular weight is 219 g/mol. The standard InChI is InChI=1S/C13H17NO2/c1-14(9-10-4-2-5-10)12-7-3-6-11(8-12)13(15)16/h3,6-8,10H,2,4-5,9H2,1H3,(H,15,16). The van der Waals surface area contributed by atoms with Crippen LogP contribution in [0.2, 0.25) is 0 Å². The Balaban J connectivity index is 2.06. The Bertz CT molecular complexity index is 385. The number of anilines is 1. The molecule has 0 atom stereocenters. The maximum atomic E-state index is 10.8. The summed E-state index contributed by atoms with van der Waals surface area (Å²) in [5, 5.41) is 8.91. The van der Waals surface area contributed by atoms with E-state index in [1.54, 1.807) is 18.2 Å². The molecule has 1 saturated carbocycles. The number of carboxylic acid groups (broad SMARTS) is 1. The third-order valence-corrected chi connectivity index (χ3v) is 3.29. The topological polar surface area (TPSA) is 40.5 Å². The molecule has 2 rings (SSSR count). The smallest absolute Gasteiger partial charge is 0.335 e. The van der Waals surface area contributed by atoms with Crippen LogP contribution in [0.25, 0.3) is 0 Å². The predicted octanol–water partition coefficient (Wildman–Crippen LogP) is 2.62. The summed E-state index contributed by atoms with van der Waals surface area (Å²) in [6.07, 6.45) is 3.96. The van der Waals surface area contributed by atoms with Gasteiger partial charge in [0.2, 0.25) is 0 Å². The van der Waals surface area contributed by atoms with Crippen LogP contribution in [0.15, 0.2) is 24.3 Å². The quantitative estimate of drug-likeness (QED) is 0.846. The Hall–Kier alpha value is -1.51. The molecule has 1 N–H and O–H groups in total. The Morgan fingerprint density at radius 3 is 2.81 bits per heavy atom. The molecule has 0 aromatic heterocycles. The molecule has 1 aliphatic rings. The second-order valence-corrected chi connectivity index (χ2v) is 4.53. The molecular weight excluding hydrogens is 202 g/mol. The number of carbonyl (C=O) groups is 1. The fraction of sp³-hybridized carbons (Fsp3) is 0.462. The molecule has 0 saturated heterocycles. The molecule has 1 aromatic rings. The van der Waals surface area contributed by atoms with Gasteiger partial charge in [-0.1, -0.05) is 12.5 Å². The van der Waals surface area contributed by atoms with Gasteiger partial charge >= 0.3 is 5.97 Å². The van der Waals surface area contributed by atoms with Crippen molar-refractivity contribution in [2.24, 2.45) is 5.92 Å². The van der Waals surface area contributed by atoms with E-state index in [-0.39, 0.29) is 0 Å². The van der Waals surface area contributed by atoms with Gasteiger partial charge in [-0.15, -0.1) is 0 Å². The Morgan fingerprint density at radius 1 is 1.50 bits per heavy atom. The molecule has 1 fully saturated rings. The zero-order chi connectivity index (χ0) is 11.5. The van der Waals surface area contributed by atoms with Crippen LogP contribution in [-0.2, 0) is 0 Å². The van der Waals surface area contributed by atoms with Gasteiger partial charge in [0.15, 0.2) is 0 Å². The highest BCUT2D eigenvalue weighted by Gasteiger charge is 2.19. The first-order valence-electron chi connectivity index (χ1n) is 5.71. The van der Waals surface area contributed by atoms with Gasteiger partial charge in [-0.3, -0.25) is 0 Å². The van der Waals surface area contributed by atoms with Crippen molar-refractivity contribution in [3.05, 3.63) is 29.8 Å². The van der Waals surface area contributed by atoms with Gasteiger partial charge < -0.3 is 10.0 Å². The van der Waals surface area contributed by atoms with Crippen LogP contribution in [0.5, 0.6) is 0 Å². The maximum Gasteiger partial charge on any atom is 0.335 e. The van der Waals surface area contributed by atoms with Crippen LogP contribution in [0.4, 0.5) is 5.69 Å². The Kier molecular flexibility index (Phi) is 3.13. The molecule has 0 amide bonds. The molecular formula is C13H17NO2. The predicted molar refractivity (Wildman–Crippen MR) is 64.0 cm³/mol. The molecule has 0 unspecified atom stereocenters. The van der Waals surface area contributed by atoms with Crippen molar-refractivity contribution in [2.45, 2.75) is 19.3 Å². The lowest BCUT2D eigenvalue weighted by Crippen LogP contribution is -2.29.